The van der Waals surface area contributed by atoms with Crippen LogP contribution < -0.4 is 4.74 Å². The number of para-hydroxylation sites is 1. The molecule has 0 atom stereocenters. The van der Waals surface area contributed by atoms with E-state index in [1.165, 1.54) is 0 Å². The Morgan fingerprint density at radius 3 is 2.67 bits per heavy atom. The van der Waals surface area contributed by atoms with Gasteiger partial charge in [-0.1, -0.05) is 19.1 Å². The highest BCUT2D eigenvalue weighted by atomic mass is 16.5. The van der Waals surface area contributed by atoms with E-state index in [1.807, 2.05) is 55.1 Å². The summed E-state index contributed by atoms with van der Waals surface area (Å²) in [5, 5.41) is 0. The first-order valence-electron chi connectivity index (χ1n) is 7.24. The molecule has 0 aliphatic carbocycles. The average molecular weight is 287 g/mol. The molecular weight excluding hydrogens is 266 g/mol. The Morgan fingerprint density at radius 2 is 2.00 bits per heavy atom. The molecule has 0 aliphatic heterocycles. The Kier molecular flexibility index (Phi) is 5.58. The van der Waals surface area contributed by atoms with Gasteiger partial charge in [-0.25, -0.2) is 0 Å². The average Bonchev–Trinajstić information content (AvgIpc) is 3.00. The molecule has 1 aromatic heterocycles. The number of benzene rings is 1. The standard InChI is InChI=1S/C17H21NO3/c1-3-18(12-14-8-7-11-21-14)13-16(19)15-9-5-6-10-17(15)20-4-2/h5-11H,3-4,12-13H2,1-2H3. The third-order valence-corrected chi connectivity index (χ3v) is 3.26. The molecule has 21 heavy (non-hydrogen) atoms. The zero-order valence-corrected chi connectivity index (χ0v) is 12.5. The maximum atomic E-state index is 12.5. The first-order valence-corrected chi connectivity index (χ1v) is 7.24. The van der Waals surface area contributed by atoms with Gasteiger partial charge < -0.3 is 9.15 Å². The summed E-state index contributed by atoms with van der Waals surface area (Å²) >= 11 is 0. The molecule has 0 fully saturated rings. The molecule has 0 saturated heterocycles. The van der Waals surface area contributed by atoms with E-state index in [1.54, 1.807) is 6.26 Å². The maximum absolute atomic E-state index is 12.5. The smallest absolute Gasteiger partial charge is 0.180 e. The third-order valence-electron chi connectivity index (χ3n) is 3.26. The molecule has 112 valence electrons. The number of rotatable bonds is 8. The van der Waals surface area contributed by atoms with E-state index in [-0.39, 0.29) is 5.78 Å². The topological polar surface area (TPSA) is 42.7 Å². The van der Waals surface area contributed by atoms with Gasteiger partial charge >= 0.3 is 0 Å². The molecule has 0 radical (unpaired) electrons. The Balaban J connectivity index is 2.05. The Hall–Kier alpha value is -2.07. The molecule has 4 heteroatoms. The van der Waals surface area contributed by atoms with Gasteiger partial charge in [-0.15, -0.1) is 0 Å². The summed E-state index contributed by atoms with van der Waals surface area (Å²) < 4.78 is 10.9. The van der Waals surface area contributed by atoms with E-state index < -0.39 is 0 Å². The highest BCUT2D eigenvalue weighted by Crippen LogP contribution is 2.19. The quantitative estimate of drug-likeness (QED) is 0.698. The zero-order valence-electron chi connectivity index (χ0n) is 12.5. The number of carbonyl (C=O) groups excluding carboxylic acids is 1. The van der Waals surface area contributed by atoms with Gasteiger partial charge in [0.25, 0.3) is 0 Å². The van der Waals surface area contributed by atoms with Crippen LogP contribution in [0.5, 0.6) is 5.75 Å². The molecule has 2 rings (SSSR count). The summed E-state index contributed by atoms with van der Waals surface area (Å²) in [5.74, 6) is 1.58. The number of hydrogen-bond donors (Lipinski definition) is 0. The van der Waals surface area contributed by atoms with E-state index in [2.05, 4.69) is 0 Å². The SMILES string of the molecule is CCOc1ccccc1C(=O)CN(CC)Cc1ccco1. The van der Waals surface area contributed by atoms with Crippen molar-refractivity contribution in [1.29, 1.82) is 0 Å². The lowest BCUT2D eigenvalue weighted by Crippen LogP contribution is -2.29. The van der Waals surface area contributed by atoms with Crippen molar-refractivity contribution in [2.24, 2.45) is 0 Å². The number of nitrogens with zero attached hydrogens (tertiary/aromatic N) is 1. The molecule has 0 aliphatic rings. The molecule has 0 bridgehead atoms. The summed E-state index contributed by atoms with van der Waals surface area (Å²) in [7, 11) is 0. The van der Waals surface area contributed by atoms with Crippen LogP contribution >= 0.6 is 0 Å². The van der Waals surface area contributed by atoms with Crippen molar-refractivity contribution in [3.05, 3.63) is 54.0 Å². The number of Topliss-reactive ketones (excluding diaryl/α,β-unsaturated/α-hetero) is 1. The first-order chi connectivity index (χ1) is 10.2. The van der Waals surface area contributed by atoms with Crippen LogP contribution in [0.4, 0.5) is 0 Å². The summed E-state index contributed by atoms with van der Waals surface area (Å²) in [5.41, 5.74) is 0.636. The third kappa shape index (κ3) is 4.20. The fourth-order valence-corrected chi connectivity index (χ4v) is 2.17. The largest absolute Gasteiger partial charge is 0.493 e. The minimum Gasteiger partial charge on any atom is -0.493 e. The Morgan fingerprint density at radius 1 is 1.19 bits per heavy atom. The number of ketones is 1. The lowest BCUT2D eigenvalue weighted by molar-refractivity contribution is 0.0921. The van der Waals surface area contributed by atoms with E-state index in [4.69, 9.17) is 9.15 Å². The molecule has 4 nitrogen and oxygen atoms in total. The van der Waals surface area contributed by atoms with E-state index >= 15 is 0 Å². The molecule has 1 aromatic carbocycles. The van der Waals surface area contributed by atoms with Crippen LogP contribution in [0.3, 0.4) is 0 Å². The summed E-state index contributed by atoms with van der Waals surface area (Å²) in [4.78, 5) is 14.5. The normalized spacial score (nSPS) is 10.8. The molecule has 1 heterocycles. The number of carbonyl (C=O) groups is 1. The van der Waals surface area contributed by atoms with Crippen LogP contribution in [0.2, 0.25) is 0 Å². The fraction of sp³-hybridized carbons (Fsp3) is 0.353. The number of hydrogen-bond acceptors (Lipinski definition) is 4. The van der Waals surface area contributed by atoms with E-state index in [0.29, 0.717) is 31.0 Å². The van der Waals surface area contributed by atoms with E-state index in [0.717, 1.165) is 12.3 Å². The Labute approximate surface area is 125 Å². The summed E-state index contributed by atoms with van der Waals surface area (Å²) in [6, 6.07) is 11.2. The van der Waals surface area contributed by atoms with Gasteiger partial charge in [-0.05, 0) is 37.7 Å². The highest BCUT2D eigenvalue weighted by Gasteiger charge is 2.16. The van der Waals surface area contributed by atoms with Crippen LogP contribution in [-0.4, -0.2) is 30.4 Å². The second-order valence-corrected chi connectivity index (χ2v) is 4.73. The first kappa shape index (κ1) is 15.3. The van der Waals surface area contributed by atoms with Crippen molar-refractivity contribution in [2.75, 3.05) is 19.7 Å². The van der Waals surface area contributed by atoms with Gasteiger partial charge in [0.05, 0.1) is 31.5 Å². The van der Waals surface area contributed by atoms with E-state index in [9.17, 15) is 4.79 Å². The summed E-state index contributed by atoms with van der Waals surface area (Å²) in [6.45, 7) is 6.26. The van der Waals surface area contributed by atoms with Crippen LogP contribution in [0, 0.1) is 0 Å². The minimum absolute atomic E-state index is 0.0625. The van der Waals surface area contributed by atoms with Crippen LogP contribution in [0.1, 0.15) is 30.0 Å². The van der Waals surface area contributed by atoms with Crippen molar-refractivity contribution in [3.63, 3.8) is 0 Å². The molecule has 0 amide bonds. The number of likely N-dealkylation sites (N-methyl/N-ethyl adjacent to an activating group) is 1. The second kappa shape index (κ2) is 7.64. The summed E-state index contributed by atoms with van der Waals surface area (Å²) in [6.07, 6.45) is 1.65. The van der Waals surface area contributed by atoms with Crippen molar-refractivity contribution in [3.8, 4) is 5.75 Å². The van der Waals surface area contributed by atoms with Crippen LogP contribution in [0.15, 0.2) is 47.1 Å². The monoisotopic (exact) mass is 287 g/mol. The minimum atomic E-state index is 0.0625. The van der Waals surface area contributed by atoms with Gasteiger partial charge in [0.1, 0.15) is 11.5 Å². The van der Waals surface area contributed by atoms with Crippen LogP contribution in [0.25, 0.3) is 0 Å². The van der Waals surface area contributed by atoms with Gasteiger partial charge in [-0.3, -0.25) is 9.69 Å². The predicted octanol–water partition coefficient (Wildman–Crippen LogP) is 3.38. The second-order valence-electron chi connectivity index (χ2n) is 4.73. The molecule has 0 N–H and O–H groups in total. The number of ether oxygens (including phenoxy) is 1. The number of furan rings is 1. The van der Waals surface area contributed by atoms with Gasteiger partial charge in [0.2, 0.25) is 0 Å². The molecule has 0 unspecified atom stereocenters. The fourth-order valence-electron chi connectivity index (χ4n) is 2.17. The van der Waals surface area contributed by atoms with Crippen molar-refractivity contribution < 1.29 is 13.9 Å². The van der Waals surface area contributed by atoms with Crippen molar-refractivity contribution in [1.82, 2.24) is 4.90 Å². The van der Waals surface area contributed by atoms with Gasteiger partial charge in [-0.2, -0.15) is 0 Å². The Bertz CT molecular complexity index is 563. The predicted molar refractivity (Wildman–Crippen MR) is 81.6 cm³/mol. The van der Waals surface area contributed by atoms with Crippen molar-refractivity contribution >= 4 is 5.78 Å². The molecule has 0 saturated carbocycles. The van der Waals surface area contributed by atoms with Gasteiger partial charge in [0.15, 0.2) is 5.78 Å². The highest BCUT2D eigenvalue weighted by molar-refractivity contribution is 6.00. The maximum Gasteiger partial charge on any atom is 0.180 e. The van der Waals surface area contributed by atoms with Gasteiger partial charge in [0, 0.05) is 0 Å². The lowest BCUT2D eigenvalue weighted by atomic mass is 10.1. The molecular formula is C17H21NO3. The molecule has 0 spiro atoms. The lowest BCUT2D eigenvalue weighted by Gasteiger charge is -2.19. The zero-order chi connectivity index (χ0) is 15.1. The van der Waals surface area contributed by atoms with Crippen LogP contribution in [-0.2, 0) is 6.54 Å². The van der Waals surface area contributed by atoms with Crippen molar-refractivity contribution in [2.45, 2.75) is 20.4 Å². The molecule has 2 aromatic rings.